The molecule has 47 heavy (non-hydrogen) atoms. The molecule has 1 aromatic carbocycles. The number of fused-ring (bicyclic) bond motifs is 4. The Morgan fingerprint density at radius 3 is 2.02 bits per heavy atom. The number of Topliss-reactive ketones (excluding diaryl/α,β-unsaturated/α-hetero) is 1. The minimum Gasteiger partial charge on any atom is -0.465 e. The fraction of sp³-hybridized carbons (Fsp3) is 0.657. The summed E-state index contributed by atoms with van der Waals surface area (Å²) in [5.41, 5.74) is -6.57. The van der Waals surface area contributed by atoms with Crippen LogP contribution in [0.3, 0.4) is 0 Å². The Morgan fingerprint density at radius 1 is 0.851 bits per heavy atom. The van der Waals surface area contributed by atoms with Crippen LogP contribution in [0.4, 0.5) is 0 Å². The minimum atomic E-state index is -2.30. The van der Waals surface area contributed by atoms with Gasteiger partial charge >= 0.3 is 29.8 Å². The van der Waals surface area contributed by atoms with Gasteiger partial charge in [0.2, 0.25) is 5.78 Å². The molecule has 0 radical (unpaired) electrons. The van der Waals surface area contributed by atoms with Gasteiger partial charge in [0.25, 0.3) is 0 Å². The Kier molecular flexibility index (Phi) is 8.61. The highest BCUT2D eigenvalue weighted by Crippen LogP contribution is 2.76. The third-order valence-electron chi connectivity index (χ3n) is 11.2. The Hall–Kier alpha value is -3.80. The van der Waals surface area contributed by atoms with Crippen LogP contribution in [0.1, 0.15) is 78.6 Å². The molecule has 12 nitrogen and oxygen atoms in total. The molecule has 0 spiro atoms. The fourth-order valence-electron chi connectivity index (χ4n) is 9.61. The van der Waals surface area contributed by atoms with Crippen LogP contribution in [0.5, 0.6) is 0 Å². The summed E-state index contributed by atoms with van der Waals surface area (Å²) in [7, 11) is 0. The van der Waals surface area contributed by atoms with Gasteiger partial charge in [0.1, 0.15) is 30.5 Å². The smallest absolute Gasteiger partial charge is 0.338 e. The molecule has 4 aliphatic carbocycles. The van der Waals surface area contributed by atoms with Crippen molar-refractivity contribution in [1.29, 1.82) is 0 Å². The van der Waals surface area contributed by atoms with E-state index in [0.717, 1.165) is 6.92 Å². The van der Waals surface area contributed by atoms with E-state index >= 15 is 4.79 Å². The maximum Gasteiger partial charge on any atom is 0.338 e. The Balaban J connectivity index is 1.90. The molecular weight excluding hydrogens is 612 g/mol. The van der Waals surface area contributed by atoms with Crippen LogP contribution in [0, 0.1) is 40.4 Å². The first-order valence-corrected chi connectivity index (χ1v) is 16.0. The highest BCUT2D eigenvalue weighted by Gasteiger charge is 2.83. The lowest BCUT2D eigenvalue weighted by Crippen LogP contribution is -2.65. The number of ketones is 1. The molecule has 0 aliphatic heterocycles. The third kappa shape index (κ3) is 5.42. The second-order valence-electron chi connectivity index (χ2n) is 14.6. The monoisotopic (exact) mass is 656 g/mol. The summed E-state index contributed by atoms with van der Waals surface area (Å²) < 4.78 is 30.1. The van der Waals surface area contributed by atoms with Gasteiger partial charge < -0.3 is 28.8 Å². The number of hydrogen-bond donors (Lipinski definition) is 1. The van der Waals surface area contributed by atoms with Crippen molar-refractivity contribution in [1.82, 2.24) is 0 Å². The van der Waals surface area contributed by atoms with Gasteiger partial charge in [0.05, 0.1) is 16.9 Å². The molecule has 1 aromatic rings. The minimum absolute atomic E-state index is 0.141. The van der Waals surface area contributed by atoms with Crippen molar-refractivity contribution >= 4 is 35.6 Å². The predicted octanol–water partition coefficient (Wildman–Crippen LogP) is 3.21. The molecule has 4 aliphatic rings. The maximum atomic E-state index is 15.1. The van der Waals surface area contributed by atoms with Gasteiger partial charge in [-0.1, -0.05) is 39.0 Å². The molecular formula is C35H44O12. The number of hydrogen-bond acceptors (Lipinski definition) is 12. The van der Waals surface area contributed by atoms with E-state index in [4.69, 9.17) is 23.7 Å². The predicted molar refractivity (Wildman–Crippen MR) is 162 cm³/mol. The number of aliphatic hydroxyl groups is 1. The molecule has 5 rings (SSSR count). The van der Waals surface area contributed by atoms with Crippen LogP contribution in [-0.2, 0) is 47.7 Å². The fourth-order valence-corrected chi connectivity index (χ4v) is 9.61. The van der Waals surface area contributed by atoms with Crippen LogP contribution in [-0.4, -0.2) is 76.9 Å². The lowest BCUT2D eigenvalue weighted by atomic mass is 9.55. The molecule has 0 aromatic heterocycles. The zero-order valence-electron chi connectivity index (χ0n) is 28.1. The summed E-state index contributed by atoms with van der Waals surface area (Å²) in [6.07, 6.45) is -3.80. The molecule has 11 atom stereocenters. The van der Waals surface area contributed by atoms with Gasteiger partial charge in [-0.05, 0) is 48.6 Å². The summed E-state index contributed by atoms with van der Waals surface area (Å²) >= 11 is 0. The van der Waals surface area contributed by atoms with E-state index in [9.17, 15) is 29.1 Å². The van der Waals surface area contributed by atoms with E-state index in [1.807, 2.05) is 13.8 Å². The molecule has 4 fully saturated rings. The molecule has 0 amide bonds. The summed E-state index contributed by atoms with van der Waals surface area (Å²) in [6, 6.07) is 8.04. The van der Waals surface area contributed by atoms with Crippen molar-refractivity contribution in [3.05, 3.63) is 35.9 Å². The Bertz CT molecular complexity index is 1480. The average molecular weight is 657 g/mol. The van der Waals surface area contributed by atoms with Crippen LogP contribution < -0.4 is 0 Å². The number of ether oxygens (including phenoxy) is 5. The molecule has 0 bridgehead atoms. The van der Waals surface area contributed by atoms with Crippen molar-refractivity contribution in [2.45, 2.75) is 97.7 Å². The van der Waals surface area contributed by atoms with E-state index in [2.05, 4.69) is 0 Å². The number of benzene rings is 1. The second-order valence-corrected chi connectivity index (χ2v) is 14.6. The first-order chi connectivity index (χ1) is 21.8. The molecule has 1 N–H and O–H groups in total. The van der Waals surface area contributed by atoms with Crippen molar-refractivity contribution < 1.29 is 57.6 Å². The normalized spacial score (nSPS) is 39.6. The van der Waals surface area contributed by atoms with Crippen molar-refractivity contribution in [2.75, 3.05) is 6.61 Å². The summed E-state index contributed by atoms with van der Waals surface area (Å²) in [6.45, 7) is 11.2. The van der Waals surface area contributed by atoms with Crippen molar-refractivity contribution in [2.24, 2.45) is 40.4 Å². The molecule has 256 valence electrons. The van der Waals surface area contributed by atoms with Gasteiger partial charge in [-0.3, -0.25) is 24.0 Å². The zero-order valence-corrected chi connectivity index (χ0v) is 28.1. The van der Waals surface area contributed by atoms with Gasteiger partial charge in [-0.15, -0.1) is 0 Å². The number of rotatable bonds is 7. The lowest BCUT2D eigenvalue weighted by Gasteiger charge is -2.54. The Labute approximate surface area is 273 Å². The summed E-state index contributed by atoms with van der Waals surface area (Å²) in [5.74, 6) is -8.33. The molecule has 0 heterocycles. The molecule has 0 saturated heterocycles. The van der Waals surface area contributed by atoms with E-state index in [-0.39, 0.29) is 24.3 Å². The van der Waals surface area contributed by atoms with Gasteiger partial charge in [0, 0.05) is 40.0 Å². The number of esters is 5. The SMILES string of the molecule is CC(=O)OC[C@]12[C@H](OC(=O)c3ccccc3)[C@H]3[C@@H](OC(C)=O)[C@@H](C)C[C@]3(OC(C)=O)C(=O)[C@@](C)(O)[C@@H]1[C@@H]1[C@H](C[C@H]2OC(C)=O)C1(C)C. The van der Waals surface area contributed by atoms with Gasteiger partial charge in [-0.25, -0.2) is 4.79 Å². The summed E-state index contributed by atoms with van der Waals surface area (Å²) in [4.78, 5) is 80.1. The number of carbonyl (C=O) groups is 6. The molecule has 12 heteroatoms. The van der Waals surface area contributed by atoms with Crippen molar-refractivity contribution in [3.8, 4) is 0 Å². The Morgan fingerprint density at radius 2 is 1.47 bits per heavy atom. The molecule has 0 unspecified atom stereocenters. The van der Waals surface area contributed by atoms with E-state index in [0.29, 0.717) is 0 Å². The van der Waals surface area contributed by atoms with E-state index in [1.165, 1.54) is 39.8 Å². The summed E-state index contributed by atoms with van der Waals surface area (Å²) in [5, 5.41) is 12.7. The topological polar surface area (TPSA) is 169 Å². The standard InChI is InChI=1S/C35H44O12/c1-17-15-35(47-21(5)39)26(27(17)45-20(4)38)29(46-30(40)22-12-10-9-11-13-22)34(16-43-18(2)36)24(44-19(3)37)14-23-25(32(23,6)7)28(34)33(8,42)31(35)41/h9-13,17,23-29,42H,14-16H2,1-8H3/t17-,23-,24+,25-,26+,27-,28-,29+,33-,34+,35+/m0/s1. The average Bonchev–Trinajstić information content (AvgIpc) is 3.40. The van der Waals surface area contributed by atoms with Crippen LogP contribution in [0.15, 0.2) is 30.3 Å². The third-order valence-corrected chi connectivity index (χ3v) is 11.2. The van der Waals surface area contributed by atoms with E-state index in [1.54, 1.807) is 25.1 Å². The molecule has 4 saturated carbocycles. The van der Waals surface area contributed by atoms with Crippen LogP contribution in [0.2, 0.25) is 0 Å². The second kappa shape index (κ2) is 11.7. The first-order valence-electron chi connectivity index (χ1n) is 16.0. The van der Waals surface area contributed by atoms with Gasteiger partial charge in [-0.2, -0.15) is 0 Å². The highest BCUT2D eigenvalue weighted by atomic mass is 16.6. The van der Waals surface area contributed by atoms with Gasteiger partial charge in [0.15, 0.2) is 5.60 Å². The number of carbonyl (C=O) groups excluding carboxylic acids is 6. The van der Waals surface area contributed by atoms with E-state index < -0.39 is 106 Å². The van der Waals surface area contributed by atoms with Crippen LogP contribution >= 0.6 is 0 Å². The van der Waals surface area contributed by atoms with Crippen LogP contribution in [0.25, 0.3) is 0 Å². The lowest BCUT2D eigenvalue weighted by molar-refractivity contribution is -0.227. The first kappa shape index (κ1) is 34.5. The highest BCUT2D eigenvalue weighted by molar-refractivity contribution is 5.98. The maximum absolute atomic E-state index is 15.1. The largest absolute Gasteiger partial charge is 0.465 e. The zero-order chi connectivity index (χ0) is 34.9. The van der Waals surface area contributed by atoms with Crippen molar-refractivity contribution in [3.63, 3.8) is 0 Å². The quantitative estimate of drug-likeness (QED) is 0.337.